The largest absolute Gasteiger partial charge is 0.508 e. The van der Waals surface area contributed by atoms with Crippen LogP contribution in [0.1, 0.15) is 0 Å². The molecule has 160 valence electrons. The second-order valence-electron chi connectivity index (χ2n) is 7.54. The molecule has 6 aromatic rings. The molecule has 9 nitrogen and oxygen atoms in total. The molecule has 0 spiro atoms. The number of hydrogen-bond donors (Lipinski definition) is 4. The van der Waals surface area contributed by atoms with Crippen molar-refractivity contribution in [3.8, 4) is 39.7 Å². The minimum absolute atomic E-state index is 0.186. The van der Waals surface area contributed by atoms with E-state index in [2.05, 4.69) is 30.1 Å². The van der Waals surface area contributed by atoms with Gasteiger partial charge in [-0.1, -0.05) is 0 Å². The van der Waals surface area contributed by atoms with Gasteiger partial charge in [-0.15, -0.1) is 0 Å². The van der Waals surface area contributed by atoms with Gasteiger partial charge in [0.2, 0.25) is 0 Å². The second-order valence-corrected chi connectivity index (χ2v) is 7.54. The number of imidazole rings is 1. The quantitative estimate of drug-likeness (QED) is 0.326. The lowest BCUT2D eigenvalue weighted by Crippen LogP contribution is -1.89. The molecular weight excluding hydrogens is 423 g/mol. The molecule has 0 unspecified atom stereocenters. The Hall–Kier alpha value is -4.86. The first-order valence-corrected chi connectivity index (χ1v) is 9.95. The maximum Gasteiger partial charge on any atom is 0.181 e. The van der Waals surface area contributed by atoms with E-state index in [9.17, 15) is 9.50 Å². The van der Waals surface area contributed by atoms with E-state index in [1.54, 1.807) is 30.9 Å². The van der Waals surface area contributed by atoms with E-state index in [1.807, 2.05) is 12.1 Å². The first kappa shape index (κ1) is 18.9. The van der Waals surface area contributed by atoms with Crippen LogP contribution in [-0.2, 0) is 0 Å². The van der Waals surface area contributed by atoms with Gasteiger partial charge in [0.05, 0.1) is 22.3 Å². The van der Waals surface area contributed by atoms with Crippen molar-refractivity contribution in [2.45, 2.75) is 0 Å². The molecule has 5 heterocycles. The standard InChI is InChI=1S/C23H15FN8O/c24-14-3-11(5-16(33)7-14)19-21-18(1-2-27-19)29-23(30-21)20-17-6-13(9-28-22(17)32-31-20)12-4-15(25)10-26-8-12/h1-10,33H,25H2,(H,29,30)(H,28,31,32). The number of aromatic hydroxyl groups is 1. The predicted molar refractivity (Wildman–Crippen MR) is 121 cm³/mol. The number of aromatic amines is 2. The van der Waals surface area contributed by atoms with Crippen molar-refractivity contribution in [1.82, 2.24) is 35.1 Å². The van der Waals surface area contributed by atoms with Crippen LogP contribution < -0.4 is 5.73 Å². The fraction of sp³-hybridized carbons (Fsp3) is 0. The topological polar surface area (TPSA) is 142 Å². The molecule has 6 rings (SSSR count). The molecule has 0 saturated carbocycles. The molecule has 0 radical (unpaired) electrons. The number of phenols is 1. The Bertz CT molecular complexity index is 1650. The van der Waals surface area contributed by atoms with Crippen molar-refractivity contribution in [1.29, 1.82) is 0 Å². The number of rotatable bonds is 3. The van der Waals surface area contributed by atoms with E-state index in [1.165, 1.54) is 12.1 Å². The Morgan fingerprint density at radius 2 is 1.82 bits per heavy atom. The number of nitrogens with one attached hydrogen (secondary N) is 2. The average molecular weight is 438 g/mol. The number of nitrogens with two attached hydrogens (primary N) is 1. The van der Waals surface area contributed by atoms with Crippen molar-refractivity contribution < 1.29 is 9.50 Å². The smallest absolute Gasteiger partial charge is 0.181 e. The van der Waals surface area contributed by atoms with Crippen molar-refractivity contribution in [2.24, 2.45) is 0 Å². The lowest BCUT2D eigenvalue weighted by Gasteiger charge is -2.03. The van der Waals surface area contributed by atoms with Gasteiger partial charge >= 0.3 is 0 Å². The van der Waals surface area contributed by atoms with Crippen LogP contribution in [-0.4, -0.2) is 40.2 Å². The van der Waals surface area contributed by atoms with Crippen LogP contribution in [0.5, 0.6) is 5.75 Å². The summed E-state index contributed by atoms with van der Waals surface area (Å²) in [6.07, 6.45) is 6.60. The maximum absolute atomic E-state index is 13.9. The zero-order chi connectivity index (χ0) is 22.5. The summed E-state index contributed by atoms with van der Waals surface area (Å²) in [5.41, 5.74) is 11.4. The van der Waals surface area contributed by atoms with E-state index in [0.717, 1.165) is 22.6 Å². The molecule has 0 amide bonds. The normalized spacial score (nSPS) is 11.4. The summed E-state index contributed by atoms with van der Waals surface area (Å²) in [4.78, 5) is 20.9. The SMILES string of the molecule is Nc1cncc(-c2cnc3n[nH]c(-c4nc5c(-c6cc(O)cc(F)c6)nccc5[nH]4)c3c2)c1. The third-order valence-corrected chi connectivity index (χ3v) is 5.30. The lowest BCUT2D eigenvalue weighted by atomic mass is 10.1. The molecule has 0 saturated heterocycles. The molecule has 0 aliphatic carbocycles. The van der Waals surface area contributed by atoms with Crippen LogP contribution in [0.25, 0.3) is 56.0 Å². The molecule has 10 heteroatoms. The number of nitrogens with zero attached hydrogens (tertiary/aromatic N) is 5. The highest BCUT2D eigenvalue weighted by Gasteiger charge is 2.17. The number of benzene rings is 1. The monoisotopic (exact) mass is 438 g/mol. The van der Waals surface area contributed by atoms with E-state index in [-0.39, 0.29) is 5.75 Å². The lowest BCUT2D eigenvalue weighted by molar-refractivity contribution is 0.469. The first-order valence-electron chi connectivity index (χ1n) is 9.95. The summed E-state index contributed by atoms with van der Waals surface area (Å²) in [7, 11) is 0. The summed E-state index contributed by atoms with van der Waals surface area (Å²) >= 11 is 0. The fourth-order valence-electron chi connectivity index (χ4n) is 3.83. The zero-order valence-corrected chi connectivity index (χ0v) is 16.9. The highest BCUT2D eigenvalue weighted by molar-refractivity contribution is 5.96. The van der Waals surface area contributed by atoms with Gasteiger partial charge < -0.3 is 15.8 Å². The van der Waals surface area contributed by atoms with Gasteiger partial charge in [0.15, 0.2) is 11.5 Å². The number of nitrogen functional groups attached to an aromatic ring is 1. The number of H-pyrrole nitrogens is 2. The maximum atomic E-state index is 13.9. The van der Waals surface area contributed by atoms with Gasteiger partial charge in [-0.25, -0.2) is 14.4 Å². The van der Waals surface area contributed by atoms with Crippen LogP contribution in [0.4, 0.5) is 10.1 Å². The Kier molecular flexibility index (Phi) is 4.06. The summed E-state index contributed by atoms with van der Waals surface area (Å²) in [6, 6.07) is 9.32. The Balaban J connectivity index is 1.51. The van der Waals surface area contributed by atoms with Crippen molar-refractivity contribution in [2.75, 3.05) is 5.73 Å². The third kappa shape index (κ3) is 3.21. The van der Waals surface area contributed by atoms with Gasteiger partial charge in [0.1, 0.15) is 22.8 Å². The molecule has 5 aromatic heterocycles. The van der Waals surface area contributed by atoms with Crippen LogP contribution in [0.2, 0.25) is 0 Å². The zero-order valence-electron chi connectivity index (χ0n) is 16.9. The van der Waals surface area contributed by atoms with E-state index >= 15 is 0 Å². The van der Waals surface area contributed by atoms with E-state index in [4.69, 9.17) is 10.7 Å². The molecule has 0 bridgehead atoms. The molecule has 0 aliphatic heterocycles. The number of aromatic nitrogens is 7. The first-order chi connectivity index (χ1) is 16.0. The van der Waals surface area contributed by atoms with Crippen LogP contribution in [0, 0.1) is 5.82 Å². The number of hydrogen-bond acceptors (Lipinski definition) is 7. The summed E-state index contributed by atoms with van der Waals surface area (Å²) in [6.45, 7) is 0. The minimum atomic E-state index is -0.561. The van der Waals surface area contributed by atoms with E-state index < -0.39 is 5.82 Å². The van der Waals surface area contributed by atoms with Gasteiger partial charge in [-0.05, 0) is 30.3 Å². The van der Waals surface area contributed by atoms with Crippen LogP contribution in [0.3, 0.4) is 0 Å². The number of fused-ring (bicyclic) bond motifs is 2. The number of halogens is 1. The van der Waals surface area contributed by atoms with Crippen molar-refractivity contribution in [3.63, 3.8) is 0 Å². The molecular formula is C23H15FN8O. The molecule has 5 N–H and O–H groups in total. The molecule has 33 heavy (non-hydrogen) atoms. The predicted octanol–water partition coefficient (Wildman–Crippen LogP) is 4.05. The van der Waals surface area contributed by atoms with Crippen molar-refractivity contribution >= 4 is 27.8 Å². The molecule has 0 aliphatic rings. The van der Waals surface area contributed by atoms with Crippen LogP contribution in [0.15, 0.2) is 61.2 Å². The Morgan fingerprint density at radius 3 is 2.67 bits per heavy atom. The number of anilines is 1. The fourth-order valence-corrected chi connectivity index (χ4v) is 3.83. The van der Waals surface area contributed by atoms with E-state index in [0.29, 0.717) is 45.1 Å². The summed E-state index contributed by atoms with van der Waals surface area (Å²) in [5, 5.41) is 17.8. The third-order valence-electron chi connectivity index (χ3n) is 5.30. The number of phenolic OH excluding ortho intramolecular Hbond substituents is 1. The second kappa shape index (κ2) is 7.09. The Morgan fingerprint density at radius 1 is 0.939 bits per heavy atom. The molecule has 0 fully saturated rings. The van der Waals surface area contributed by atoms with Crippen LogP contribution >= 0.6 is 0 Å². The summed E-state index contributed by atoms with van der Waals surface area (Å²) < 4.78 is 13.9. The van der Waals surface area contributed by atoms with Crippen molar-refractivity contribution in [3.05, 3.63) is 67.0 Å². The highest BCUT2D eigenvalue weighted by atomic mass is 19.1. The van der Waals surface area contributed by atoms with Gasteiger partial charge in [0.25, 0.3) is 0 Å². The number of pyridine rings is 3. The van der Waals surface area contributed by atoms with Gasteiger partial charge in [0, 0.05) is 47.5 Å². The van der Waals surface area contributed by atoms with Gasteiger partial charge in [-0.3, -0.25) is 15.1 Å². The molecule has 0 atom stereocenters. The Labute approximate surface area is 185 Å². The summed E-state index contributed by atoms with van der Waals surface area (Å²) in [5.74, 6) is -0.227. The average Bonchev–Trinajstić information content (AvgIpc) is 3.41. The minimum Gasteiger partial charge on any atom is -0.508 e. The highest BCUT2D eigenvalue weighted by Crippen LogP contribution is 2.32. The molecule has 1 aromatic carbocycles. The van der Waals surface area contributed by atoms with Gasteiger partial charge in [-0.2, -0.15) is 5.10 Å².